The molecule has 0 bridgehead atoms. The minimum absolute atomic E-state index is 0.0448. The van der Waals surface area contributed by atoms with Crippen LogP contribution in [0.15, 0.2) is 36.7 Å². The number of likely N-dealkylation sites (tertiary alicyclic amines) is 1. The lowest BCUT2D eigenvalue weighted by atomic mass is 10.1. The lowest BCUT2D eigenvalue weighted by Gasteiger charge is -2.28. The lowest BCUT2D eigenvalue weighted by Crippen LogP contribution is -2.48. The van der Waals surface area contributed by atoms with Crippen molar-refractivity contribution < 1.29 is 22.8 Å². The van der Waals surface area contributed by atoms with Crippen LogP contribution in [-0.4, -0.2) is 61.7 Å². The fourth-order valence-corrected chi connectivity index (χ4v) is 4.57. The van der Waals surface area contributed by atoms with Crippen molar-refractivity contribution in [2.45, 2.75) is 31.6 Å². The average Bonchev–Trinajstić information content (AvgIpc) is 3.47. The van der Waals surface area contributed by atoms with Gasteiger partial charge in [0, 0.05) is 37.4 Å². The normalized spacial score (nSPS) is 18.3. The monoisotopic (exact) mass is 458 g/mol. The molecule has 5 rings (SSSR count). The number of alkyl halides is 3. The lowest BCUT2D eigenvalue weighted by molar-refractivity contribution is -0.182. The first-order valence-corrected chi connectivity index (χ1v) is 10.5. The van der Waals surface area contributed by atoms with Crippen LogP contribution < -0.4 is 5.32 Å². The van der Waals surface area contributed by atoms with Crippen LogP contribution in [0.1, 0.15) is 28.8 Å². The van der Waals surface area contributed by atoms with E-state index in [-0.39, 0.29) is 19.5 Å². The number of nitrogens with zero attached hydrogens (tertiary/aromatic N) is 5. The Bertz CT molecular complexity index is 1250. The first kappa shape index (κ1) is 21.2. The van der Waals surface area contributed by atoms with Crippen LogP contribution in [0.25, 0.3) is 10.9 Å². The van der Waals surface area contributed by atoms with E-state index in [1.807, 2.05) is 25.2 Å². The Morgan fingerprint density at radius 1 is 1.27 bits per heavy atom. The number of carbonyl (C=O) groups excluding carboxylic acids is 2. The van der Waals surface area contributed by atoms with Gasteiger partial charge in [0.25, 0.3) is 5.91 Å². The summed E-state index contributed by atoms with van der Waals surface area (Å²) in [6.07, 6.45) is -0.997. The van der Waals surface area contributed by atoms with Gasteiger partial charge in [-0.3, -0.25) is 14.3 Å². The molecule has 4 heterocycles. The van der Waals surface area contributed by atoms with E-state index >= 15 is 0 Å². The highest BCUT2D eigenvalue weighted by Gasteiger charge is 2.48. The van der Waals surface area contributed by atoms with Crippen molar-refractivity contribution in [1.29, 1.82) is 0 Å². The number of anilines is 2. The summed E-state index contributed by atoms with van der Waals surface area (Å²) < 4.78 is 41.5. The number of carbonyl (C=O) groups is 2. The van der Waals surface area contributed by atoms with Gasteiger partial charge < -0.3 is 15.1 Å². The molecule has 1 unspecified atom stereocenters. The van der Waals surface area contributed by atoms with Crippen LogP contribution in [0.3, 0.4) is 0 Å². The minimum atomic E-state index is -4.47. The van der Waals surface area contributed by atoms with Crippen LogP contribution in [0.2, 0.25) is 0 Å². The third-order valence-corrected chi connectivity index (χ3v) is 6.19. The van der Waals surface area contributed by atoms with Crippen molar-refractivity contribution in [1.82, 2.24) is 24.6 Å². The summed E-state index contributed by atoms with van der Waals surface area (Å²) in [6, 6.07) is 5.52. The molecule has 2 aliphatic rings. The molecule has 3 aromatic rings. The van der Waals surface area contributed by atoms with Crippen molar-refractivity contribution >= 4 is 34.2 Å². The number of fused-ring (bicyclic) bond motifs is 2. The fraction of sp³-hybridized carbons (Fsp3) is 0.364. The highest BCUT2D eigenvalue weighted by atomic mass is 19.4. The smallest absolute Gasteiger partial charge is 0.340 e. The van der Waals surface area contributed by atoms with Crippen molar-refractivity contribution in [3.8, 4) is 0 Å². The summed E-state index contributed by atoms with van der Waals surface area (Å²) in [7, 11) is 1.84. The summed E-state index contributed by atoms with van der Waals surface area (Å²) in [6.45, 7) is -0.215. The molecule has 1 aromatic carbocycles. The molecular weight excluding hydrogens is 437 g/mol. The number of amides is 2. The molecule has 0 radical (unpaired) electrons. The van der Waals surface area contributed by atoms with Gasteiger partial charge in [0.2, 0.25) is 5.91 Å². The van der Waals surface area contributed by atoms with Crippen molar-refractivity contribution in [3.63, 3.8) is 0 Å². The van der Waals surface area contributed by atoms with Crippen LogP contribution in [0.5, 0.6) is 0 Å². The topological polar surface area (TPSA) is 83.4 Å². The van der Waals surface area contributed by atoms with Crippen LogP contribution >= 0.6 is 0 Å². The summed E-state index contributed by atoms with van der Waals surface area (Å²) >= 11 is 0. The van der Waals surface area contributed by atoms with Gasteiger partial charge in [0.15, 0.2) is 0 Å². The van der Waals surface area contributed by atoms with Crippen LogP contribution in [0, 0.1) is 0 Å². The molecule has 0 saturated carbocycles. The third-order valence-electron chi connectivity index (χ3n) is 6.19. The van der Waals surface area contributed by atoms with E-state index < -0.39 is 30.6 Å². The van der Waals surface area contributed by atoms with Gasteiger partial charge in [0.05, 0.1) is 17.3 Å². The first-order valence-electron chi connectivity index (χ1n) is 10.5. The maximum atomic E-state index is 13.2. The second-order valence-corrected chi connectivity index (χ2v) is 8.31. The molecule has 1 atom stereocenters. The van der Waals surface area contributed by atoms with Gasteiger partial charge in [-0.25, -0.2) is 4.98 Å². The molecule has 2 amide bonds. The Kier molecular flexibility index (Phi) is 4.98. The highest BCUT2D eigenvalue weighted by Crippen LogP contribution is 2.34. The maximum Gasteiger partial charge on any atom is 0.408 e. The molecule has 172 valence electrons. The molecule has 11 heteroatoms. The fourth-order valence-electron chi connectivity index (χ4n) is 4.57. The number of hydrogen-bond acceptors (Lipinski definition) is 5. The van der Waals surface area contributed by atoms with E-state index in [0.29, 0.717) is 29.1 Å². The molecule has 8 nitrogen and oxygen atoms in total. The molecular formula is C22H21F3N6O2. The molecule has 1 saturated heterocycles. The second kappa shape index (κ2) is 7.75. The maximum absolute atomic E-state index is 13.2. The molecule has 2 aliphatic heterocycles. The Morgan fingerprint density at radius 2 is 2.09 bits per heavy atom. The molecule has 2 aromatic heterocycles. The van der Waals surface area contributed by atoms with Crippen molar-refractivity contribution in [3.05, 3.63) is 47.8 Å². The SMILES string of the molecule is Cn1ncc2cc(Nc3nccc4c3C(=O)N(CC(=O)N3CCCC3C(F)(F)F)C4)ccc21. The highest BCUT2D eigenvalue weighted by molar-refractivity contribution is 6.04. The van der Waals surface area contributed by atoms with Gasteiger partial charge >= 0.3 is 6.18 Å². The van der Waals surface area contributed by atoms with E-state index in [2.05, 4.69) is 15.4 Å². The third kappa shape index (κ3) is 3.77. The zero-order valence-electron chi connectivity index (χ0n) is 17.8. The Morgan fingerprint density at radius 3 is 2.88 bits per heavy atom. The molecule has 0 aliphatic carbocycles. The Hall–Kier alpha value is -3.63. The second-order valence-electron chi connectivity index (χ2n) is 8.31. The number of pyridine rings is 1. The number of halogens is 3. The van der Waals surface area contributed by atoms with Gasteiger partial charge in [-0.15, -0.1) is 0 Å². The Labute approximate surface area is 187 Å². The number of rotatable bonds is 4. The quantitative estimate of drug-likeness (QED) is 0.649. The molecule has 1 fully saturated rings. The predicted molar refractivity (Wildman–Crippen MR) is 114 cm³/mol. The van der Waals surface area contributed by atoms with Gasteiger partial charge in [-0.1, -0.05) is 0 Å². The summed E-state index contributed by atoms with van der Waals surface area (Å²) in [5.74, 6) is -0.787. The molecule has 1 N–H and O–H groups in total. The first-order chi connectivity index (χ1) is 15.7. The van der Waals surface area contributed by atoms with Gasteiger partial charge in [0.1, 0.15) is 18.4 Å². The van der Waals surface area contributed by atoms with Crippen LogP contribution in [-0.2, 0) is 18.4 Å². The number of nitrogens with one attached hydrogen (secondary N) is 1. The van der Waals surface area contributed by atoms with E-state index in [9.17, 15) is 22.8 Å². The van der Waals surface area contributed by atoms with Crippen molar-refractivity contribution in [2.24, 2.45) is 7.05 Å². The van der Waals surface area contributed by atoms with Gasteiger partial charge in [-0.2, -0.15) is 18.3 Å². The Balaban J connectivity index is 1.34. The summed E-state index contributed by atoms with van der Waals surface area (Å²) in [4.78, 5) is 32.2. The number of aromatic nitrogens is 3. The summed E-state index contributed by atoms with van der Waals surface area (Å²) in [5.41, 5.74) is 2.65. The predicted octanol–water partition coefficient (Wildman–Crippen LogP) is 3.22. The minimum Gasteiger partial charge on any atom is -0.340 e. The molecule has 0 spiro atoms. The average molecular weight is 458 g/mol. The number of hydrogen-bond donors (Lipinski definition) is 1. The zero-order chi connectivity index (χ0) is 23.3. The van der Waals surface area contributed by atoms with E-state index in [4.69, 9.17) is 0 Å². The number of aryl methyl sites for hydroxylation is 1. The van der Waals surface area contributed by atoms with E-state index in [0.717, 1.165) is 15.8 Å². The van der Waals surface area contributed by atoms with E-state index in [1.165, 1.54) is 4.90 Å². The molecule has 33 heavy (non-hydrogen) atoms. The van der Waals surface area contributed by atoms with Crippen molar-refractivity contribution in [2.75, 3.05) is 18.4 Å². The number of benzene rings is 1. The van der Waals surface area contributed by atoms with Gasteiger partial charge in [-0.05, 0) is 42.7 Å². The standard InChI is InChI=1S/C22H21F3N6O2/c1-29-16-5-4-15(9-14(16)10-27-29)28-20-19-13(6-7-26-20)11-30(21(19)33)12-18(32)31-8-2-3-17(31)22(23,24)25/h4-7,9-10,17H,2-3,8,11-12H2,1H3,(H,26,28). The largest absolute Gasteiger partial charge is 0.408 e. The zero-order valence-corrected chi connectivity index (χ0v) is 17.8. The van der Waals surface area contributed by atoms with Crippen LogP contribution in [0.4, 0.5) is 24.7 Å². The van der Waals surface area contributed by atoms with E-state index in [1.54, 1.807) is 23.1 Å². The summed E-state index contributed by atoms with van der Waals surface area (Å²) in [5, 5.41) is 8.28.